The number of nitrogens with zero attached hydrogens (tertiary/aromatic N) is 6. The number of aromatic nitrogens is 4. The first-order valence-corrected chi connectivity index (χ1v) is 20.3. The van der Waals surface area contributed by atoms with Crippen molar-refractivity contribution in [3.63, 3.8) is 0 Å². The van der Waals surface area contributed by atoms with Crippen LogP contribution in [0.1, 0.15) is 87.6 Å². The van der Waals surface area contributed by atoms with Crippen LogP contribution in [0.3, 0.4) is 0 Å². The molecule has 11 heteroatoms. The first-order chi connectivity index (χ1) is 27.3. The van der Waals surface area contributed by atoms with Crippen molar-refractivity contribution in [3.05, 3.63) is 102 Å². The van der Waals surface area contributed by atoms with E-state index >= 15 is 4.79 Å². The summed E-state index contributed by atoms with van der Waals surface area (Å²) in [6, 6.07) is 23.8. The Labute approximate surface area is 327 Å². The Hall–Kier alpha value is -5.55. The number of benzene rings is 3. The Kier molecular flexibility index (Phi) is 9.57. The van der Waals surface area contributed by atoms with Gasteiger partial charge in [-0.05, 0) is 93.6 Å². The first-order valence-electron chi connectivity index (χ1n) is 20.3. The second kappa shape index (κ2) is 14.8. The number of rotatable bonds is 7. The van der Waals surface area contributed by atoms with E-state index in [4.69, 9.17) is 4.74 Å². The molecule has 1 N–H and O–H groups in total. The molecule has 3 fully saturated rings. The van der Waals surface area contributed by atoms with Gasteiger partial charge < -0.3 is 24.4 Å². The summed E-state index contributed by atoms with van der Waals surface area (Å²) in [7, 11) is 0. The van der Waals surface area contributed by atoms with Gasteiger partial charge in [0.15, 0.2) is 0 Å². The number of ether oxygens (including phenoxy) is 1. The minimum atomic E-state index is -0.970. The van der Waals surface area contributed by atoms with Gasteiger partial charge in [-0.3, -0.25) is 14.4 Å². The topological polar surface area (TPSA) is 115 Å². The van der Waals surface area contributed by atoms with Crippen LogP contribution in [0.25, 0.3) is 33.9 Å². The van der Waals surface area contributed by atoms with Gasteiger partial charge in [0.25, 0.3) is 11.8 Å². The van der Waals surface area contributed by atoms with Crippen molar-refractivity contribution in [1.82, 2.24) is 29.1 Å². The fraction of sp³-hybridized carbons (Fsp3) is 0.400. The summed E-state index contributed by atoms with van der Waals surface area (Å²) in [4.78, 5) is 52.1. The predicted octanol–water partition coefficient (Wildman–Crippen LogP) is 7.65. The molecule has 0 bridgehead atoms. The van der Waals surface area contributed by atoms with Crippen LogP contribution in [0, 0.1) is 0 Å². The monoisotopic (exact) mass is 751 g/mol. The number of anilines is 1. The minimum absolute atomic E-state index is 0.00873. The highest BCUT2D eigenvalue weighted by molar-refractivity contribution is 6.06. The van der Waals surface area contributed by atoms with Crippen molar-refractivity contribution < 1.29 is 19.1 Å². The third-order valence-electron chi connectivity index (χ3n) is 12.3. The molecule has 2 aliphatic carbocycles. The largest absolute Gasteiger partial charge is 0.372 e. The molecular weight excluding hydrogens is 703 g/mol. The molecule has 56 heavy (non-hydrogen) atoms. The highest BCUT2D eigenvalue weighted by atomic mass is 16.5. The SMILES string of the molecule is C[C@@H]1CN(C(=O)C2=Cc3ccccc3-c3cc4ccc(C(=O)N(C5CCCCC5)C5(C(=O)Nc6ccc(-n7cncn7)cc6)CCCC5)cc4n3C2)C[C@H](C)O1. The maximum atomic E-state index is 15.2. The lowest BCUT2D eigenvalue weighted by molar-refractivity contribution is -0.139. The molecule has 4 aliphatic rings. The normalized spacial score (nSPS) is 20.8. The summed E-state index contributed by atoms with van der Waals surface area (Å²) >= 11 is 0. The Morgan fingerprint density at radius 3 is 2.36 bits per heavy atom. The van der Waals surface area contributed by atoms with Gasteiger partial charge in [-0.15, -0.1) is 0 Å². The van der Waals surface area contributed by atoms with Gasteiger partial charge in [-0.2, -0.15) is 5.10 Å². The number of fused-ring (bicyclic) bond motifs is 5. The van der Waals surface area contributed by atoms with Crippen LogP contribution in [0.5, 0.6) is 0 Å². The number of carbonyl (C=O) groups excluding carboxylic acids is 3. The van der Waals surface area contributed by atoms with Crippen LogP contribution in [0.4, 0.5) is 5.69 Å². The maximum Gasteiger partial charge on any atom is 0.255 e. The van der Waals surface area contributed by atoms with E-state index < -0.39 is 5.54 Å². The standard InChI is InChI=1S/C45H49N7O4/c1-30-25-49(26-31(2)56-30)42(53)35-22-32-10-6-7-13-39(32)41-23-33-14-15-34(24-40(33)50(41)27-35)43(54)52(38-11-4-3-5-12-38)45(20-8-9-21-45)44(55)48-36-16-18-37(19-17-36)51-29-46-28-47-51/h6-7,10,13-19,22-24,28-31,38H,3-5,8-9,11-12,20-21,25-27H2,1-2H3,(H,48,55)/t30-,31+. The Morgan fingerprint density at radius 2 is 1.62 bits per heavy atom. The average molecular weight is 752 g/mol. The molecule has 9 rings (SSSR count). The van der Waals surface area contributed by atoms with Crippen LogP contribution in [0.15, 0.2) is 91.0 Å². The van der Waals surface area contributed by atoms with Crippen molar-refractivity contribution in [2.75, 3.05) is 18.4 Å². The summed E-state index contributed by atoms with van der Waals surface area (Å²) in [6.07, 6.45) is 13.0. The molecule has 2 aromatic heterocycles. The van der Waals surface area contributed by atoms with E-state index in [9.17, 15) is 9.59 Å². The fourth-order valence-electron chi connectivity index (χ4n) is 9.73. The molecular formula is C45H49N7O4. The van der Waals surface area contributed by atoms with Crippen LogP contribution in [0.2, 0.25) is 0 Å². The van der Waals surface area contributed by atoms with Crippen LogP contribution in [-0.4, -0.2) is 83.7 Å². The van der Waals surface area contributed by atoms with Crippen molar-refractivity contribution in [2.45, 2.75) is 102 Å². The molecule has 0 radical (unpaired) electrons. The lowest BCUT2D eigenvalue weighted by Gasteiger charge is -2.46. The van der Waals surface area contributed by atoms with Crippen molar-refractivity contribution >= 4 is 40.4 Å². The van der Waals surface area contributed by atoms with Gasteiger partial charge in [-0.25, -0.2) is 9.67 Å². The summed E-state index contributed by atoms with van der Waals surface area (Å²) in [5.41, 5.74) is 5.75. The maximum absolute atomic E-state index is 15.2. The molecule has 1 saturated heterocycles. The van der Waals surface area contributed by atoms with E-state index in [1.807, 2.05) is 84.3 Å². The zero-order valence-electron chi connectivity index (χ0n) is 32.2. The Morgan fingerprint density at radius 1 is 0.875 bits per heavy atom. The number of morpholine rings is 1. The predicted molar refractivity (Wildman–Crippen MR) is 216 cm³/mol. The van der Waals surface area contributed by atoms with Crippen LogP contribution < -0.4 is 5.32 Å². The summed E-state index contributed by atoms with van der Waals surface area (Å²) < 4.78 is 9.82. The smallest absolute Gasteiger partial charge is 0.255 e. The number of carbonyl (C=O) groups is 3. The van der Waals surface area contributed by atoms with Gasteiger partial charge in [0.1, 0.15) is 18.2 Å². The Bertz CT molecular complexity index is 2290. The number of nitrogens with one attached hydrogen (secondary N) is 1. The molecule has 2 aliphatic heterocycles. The highest BCUT2D eigenvalue weighted by Crippen LogP contribution is 2.42. The summed E-state index contributed by atoms with van der Waals surface area (Å²) in [6.45, 7) is 5.48. The van der Waals surface area contributed by atoms with E-state index in [0.29, 0.717) is 49.3 Å². The van der Waals surface area contributed by atoms with Crippen molar-refractivity contribution in [1.29, 1.82) is 0 Å². The molecule has 288 valence electrons. The van der Waals surface area contributed by atoms with Crippen molar-refractivity contribution in [3.8, 4) is 16.9 Å². The molecule has 3 aromatic carbocycles. The molecule has 2 saturated carbocycles. The van der Waals surface area contributed by atoms with Gasteiger partial charge in [0.05, 0.1) is 30.1 Å². The fourth-order valence-corrected chi connectivity index (χ4v) is 9.73. The van der Waals surface area contributed by atoms with E-state index in [1.165, 1.54) is 6.33 Å². The Balaban J connectivity index is 1.08. The molecule has 2 atom stereocenters. The number of hydrogen-bond donors (Lipinski definition) is 1. The quantitative estimate of drug-likeness (QED) is 0.183. The third-order valence-corrected chi connectivity index (χ3v) is 12.3. The van der Waals surface area contributed by atoms with Gasteiger partial charge in [0.2, 0.25) is 5.91 Å². The van der Waals surface area contributed by atoms with Gasteiger partial charge in [-0.1, -0.05) is 62.4 Å². The second-order valence-electron chi connectivity index (χ2n) is 16.2. The van der Waals surface area contributed by atoms with E-state index in [-0.39, 0.29) is 36.0 Å². The van der Waals surface area contributed by atoms with Crippen molar-refractivity contribution in [2.24, 2.45) is 0 Å². The molecule has 0 spiro atoms. The molecule has 3 amide bonds. The number of amides is 3. The summed E-state index contributed by atoms with van der Waals surface area (Å²) in [5.74, 6) is -0.226. The second-order valence-corrected chi connectivity index (χ2v) is 16.2. The highest BCUT2D eigenvalue weighted by Gasteiger charge is 2.51. The lowest BCUT2D eigenvalue weighted by atomic mass is 9.85. The number of hydrogen-bond acceptors (Lipinski definition) is 6. The van der Waals surface area contributed by atoms with Crippen LogP contribution in [-0.2, 0) is 20.9 Å². The first kappa shape index (κ1) is 36.1. The van der Waals surface area contributed by atoms with E-state index in [1.54, 1.807) is 11.0 Å². The van der Waals surface area contributed by atoms with Crippen LogP contribution >= 0.6 is 0 Å². The molecule has 0 unspecified atom stereocenters. The van der Waals surface area contributed by atoms with E-state index in [2.05, 4.69) is 38.2 Å². The average Bonchev–Trinajstić information content (AvgIpc) is 3.98. The third kappa shape index (κ3) is 6.61. The zero-order chi connectivity index (χ0) is 38.4. The van der Waals surface area contributed by atoms with Gasteiger partial charge in [0, 0.05) is 52.4 Å². The molecule has 5 aromatic rings. The lowest BCUT2D eigenvalue weighted by Crippen LogP contribution is -2.61. The molecule has 11 nitrogen and oxygen atoms in total. The van der Waals surface area contributed by atoms with E-state index in [0.717, 1.165) is 78.4 Å². The zero-order valence-corrected chi connectivity index (χ0v) is 32.2. The summed E-state index contributed by atoms with van der Waals surface area (Å²) in [5, 5.41) is 8.43. The van der Waals surface area contributed by atoms with Gasteiger partial charge >= 0.3 is 0 Å². The molecule has 4 heterocycles. The minimum Gasteiger partial charge on any atom is -0.372 e.